The van der Waals surface area contributed by atoms with E-state index < -0.39 is 5.60 Å². The molecule has 2 fully saturated rings. The van der Waals surface area contributed by atoms with E-state index in [9.17, 15) is 5.11 Å². The van der Waals surface area contributed by atoms with Crippen molar-refractivity contribution in [2.45, 2.75) is 37.8 Å². The molecule has 0 amide bonds. The SMILES string of the molecule is Cc1cncc(C2(O)CCN(C3CC3)C2)c1. The lowest BCUT2D eigenvalue weighted by Gasteiger charge is -2.23. The Balaban J connectivity index is 1.83. The van der Waals surface area contributed by atoms with Crippen LogP contribution in [0.1, 0.15) is 30.4 Å². The summed E-state index contributed by atoms with van der Waals surface area (Å²) in [5, 5.41) is 10.7. The summed E-state index contributed by atoms with van der Waals surface area (Å²) in [7, 11) is 0. The van der Waals surface area contributed by atoms with Crippen molar-refractivity contribution in [2.75, 3.05) is 13.1 Å². The van der Waals surface area contributed by atoms with Crippen molar-refractivity contribution in [1.82, 2.24) is 9.88 Å². The Kier molecular flexibility index (Phi) is 2.26. The third-order valence-electron chi connectivity index (χ3n) is 3.75. The molecular formula is C13H18N2O. The van der Waals surface area contributed by atoms with E-state index in [1.807, 2.05) is 19.3 Å². The summed E-state index contributed by atoms with van der Waals surface area (Å²) in [6, 6.07) is 2.80. The molecule has 1 saturated heterocycles. The van der Waals surface area contributed by atoms with Crippen molar-refractivity contribution in [3.63, 3.8) is 0 Å². The lowest BCUT2D eigenvalue weighted by molar-refractivity contribution is 0.0448. The molecule has 86 valence electrons. The Bertz CT molecular complexity index is 403. The summed E-state index contributed by atoms with van der Waals surface area (Å²) >= 11 is 0. The van der Waals surface area contributed by atoms with Gasteiger partial charge in [0.05, 0.1) is 0 Å². The van der Waals surface area contributed by atoms with Crippen molar-refractivity contribution in [2.24, 2.45) is 0 Å². The minimum Gasteiger partial charge on any atom is -0.384 e. The summed E-state index contributed by atoms with van der Waals surface area (Å²) < 4.78 is 0. The number of nitrogens with zero attached hydrogens (tertiary/aromatic N) is 2. The van der Waals surface area contributed by atoms with E-state index in [1.165, 1.54) is 12.8 Å². The van der Waals surface area contributed by atoms with Crippen LogP contribution < -0.4 is 0 Å². The standard InChI is InChI=1S/C13H18N2O/c1-10-6-11(8-14-7-10)13(16)4-5-15(9-13)12-2-3-12/h6-8,12,16H,2-5,9H2,1H3. The molecule has 1 atom stereocenters. The van der Waals surface area contributed by atoms with Gasteiger partial charge < -0.3 is 5.11 Å². The largest absolute Gasteiger partial charge is 0.384 e. The van der Waals surface area contributed by atoms with Gasteiger partial charge in [0.1, 0.15) is 5.60 Å². The molecule has 1 N–H and O–H groups in total. The molecule has 1 aliphatic carbocycles. The summed E-state index contributed by atoms with van der Waals surface area (Å²) in [6.45, 7) is 3.82. The normalized spacial score (nSPS) is 30.9. The molecule has 0 radical (unpaired) electrons. The average molecular weight is 218 g/mol. The molecule has 3 nitrogen and oxygen atoms in total. The highest BCUT2D eigenvalue weighted by Crippen LogP contribution is 2.38. The van der Waals surface area contributed by atoms with Gasteiger partial charge in [-0.1, -0.05) is 6.07 Å². The van der Waals surface area contributed by atoms with E-state index in [-0.39, 0.29) is 0 Å². The Morgan fingerprint density at radius 3 is 2.94 bits per heavy atom. The van der Waals surface area contributed by atoms with Crippen LogP contribution in [-0.4, -0.2) is 34.1 Å². The second kappa shape index (κ2) is 3.54. The number of pyridine rings is 1. The van der Waals surface area contributed by atoms with Crippen LogP contribution in [0.4, 0.5) is 0 Å². The molecule has 1 unspecified atom stereocenters. The van der Waals surface area contributed by atoms with Crippen molar-refractivity contribution >= 4 is 0 Å². The Hall–Kier alpha value is -0.930. The Labute approximate surface area is 96.1 Å². The van der Waals surface area contributed by atoms with Gasteiger partial charge in [-0.2, -0.15) is 0 Å². The predicted octanol–water partition coefficient (Wildman–Crippen LogP) is 1.45. The monoisotopic (exact) mass is 218 g/mol. The van der Waals surface area contributed by atoms with Crippen molar-refractivity contribution in [3.05, 3.63) is 29.6 Å². The number of aromatic nitrogens is 1. The molecule has 1 saturated carbocycles. The number of rotatable bonds is 2. The van der Waals surface area contributed by atoms with Gasteiger partial charge in [0.15, 0.2) is 0 Å². The van der Waals surface area contributed by atoms with E-state index in [2.05, 4.69) is 16.0 Å². The maximum atomic E-state index is 10.7. The van der Waals surface area contributed by atoms with E-state index in [4.69, 9.17) is 0 Å². The number of aliphatic hydroxyl groups is 1. The quantitative estimate of drug-likeness (QED) is 0.816. The molecule has 1 aromatic heterocycles. The minimum absolute atomic E-state index is 0.665. The first-order valence-corrected chi connectivity index (χ1v) is 6.06. The highest BCUT2D eigenvalue weighted by Gasteiger charge is 2.43. The van der Waals surface area contributed by atoms with Crippen LogP contribution in [0.25, 0.3) is 0 Å². The zero-order chi connectivity index (χ0) is 11.2. The summed E-state index contributed by atoms with van der Waals surface area (Å²) in [4.78, 5) is 6.60. The van der Waals surface area contributed by atoms with E-state index in [0.717, 1.165) is 36.7 Å². The summed E-state index contributed by atoms with van der Waals surface area (Å²) in [5.74, 6) is 0. The van der Waals surface area contributed by atoms with Crippen LogP contribution in [0.2, 0.25) is 0 Å². The van der Waals surface area contributed by atoms with E-state index in [1.54, 1.807) is 0 Å². The maximum absolute atomic E-state index is 10.7. The molecule has 2 aliphatic rings. The van der Waals surface area contributed by atoms with Crippen molar-refractivity contribution in [1.29, 1.82) is 0 Å². The first-order chi connectivity index (χ1) is 7.67. The van der Waals surface area contributed by atoms with Crippen LogP contribution in [0.15, 0.2) is 18.5 Å². The zero-order valence-corrected chi connectivity index (χ0v) is 9.69. The van der Waals surface area contributed by atoms with Crippen LogP contribution in [0.5, 0.6) is 0 Å². The summed E-state index contributed by atoms with van der Waals surface area (Å²) in [5.41, 5.74) is 1.44. The second-order valence-corrected chi connectivity index (χ2v) is 5.23. The van der Waals surface area contributed by atoms with Crippen LogP contribution in [0.3, 0.4) is 0 Å². The first-order valence-electron chi connectivity index (χ1n) is 6.06. The van der Waals surface area contributed by atoms with E-state index in [0.29, 0.717) is 0 Å². The fourth-order valence-electron chi connectivity index (χ4n) is 2.62. The molecular weight excluding hydrogens is 200 g/mol. The van der Waals surface area contributed by atoms with Crippen molar-refractivity contribution < 1.29 is 5.11 Å². The number of hydrogen-bond acceptors (Lipinski definition) is 3. The second-order valence-electron chi connectivity index (χ2n) is 5.23. The fraction of sp³-hybridized carbons (Fsp3) is 0.615. The zero-order valence-electron chi connectivity index (χ0n) is 9.69. The number of hydrogen-bond donors (Lipinski definition) is 1. The van der Waals surface area contributed by atoms with Crippen molar-refractivity contribution in [3.8, 4) is 0 Å². The third kappa shape index (κ3) is 1.74. The van der Waals surface area contributed by atoms with Gasteiger partial charge in [0.25, 0.3) is 0 Å². The molecule has 0 bridgehead atoms. The molecule has 1 aromatic rings. The van der Waals surface area contributed by atoms with Gasteiger partial charge in [0.2, 0.25) is 0 Å². The molecule has 0 aromatic carbocycles. The van der Waals surface area contributed by atoms with Gasteiger partial charge in [-0.3, -0.25) is 9.88 Å². The fourth-order valence-corrected chi connectivity index (χ4v) is 2.62. The highest BCUT2D eigenvalue weighted by molar-refractivity contribution is 5.25. The molecule has 1 aliphatic heterocycles. The lowest BCUT2D eigenvalue weighted by Crippen LogP contribution is -2.32. The molecule has 3 heteroatoms. The van der Waals surface area contributed by atoms with Crippen LogP contribution >= 0.6 is 0 Å². The third-order valence-corrected chi connectivity index (χ3v) is 3.75. The lowest BCUT2D eigenvalue weighted by atomic mass is 9.94. The Morgan fingerprint density at radius 2 is 2.25 bits per heavy atom. The van der Waals surface area contributed by atoms with E-state index >= 15 is 0 Å². The number of aryl methyl sites for hydroxylation is 1. The molecule has 0 spiro atoms. The Morgan fingerprint density at radius 1 is 1.44 bits per heavy atom. The predicted molar refractivity (Wildman–Crippen MR) is 62.1 cm³/mol. The smallest absolute Gasteiger partial charge is 0.105 e. The minimum atomic E-state index is -0.665. The molecule has 2 heterocycles. The highest BCUT2D eigenvalue weighted by atomic mass is 16.3. The molecule has 3 rings (SSSR count). The van der Waals surface area contributed by atoms with Gasteiger partial charge in [0, 0.05) is 37.1 Å². The van der Waals surface area contributed by atoms with Gasteiger partial charge in [-0.25, -0.2) is 0 Å². The van der Waals surface area contributed by atoms with Gasteiger partial charge in [-0.05, 0) is 31.7 Å². The number of likely N-dealkylation sites (tertiary alicyclic amines) is 1. The topological polar surface area (TPSA) is 36.4 Å². The summed E-state index contributed by atoms with van der Waals surface area (Å²) in [6.07, 6.45) is 7.10. The maximum Gasteiger partial charge on any atom is 0.105 e. The van der Waals surface area contributed by atoms with Crippen LogP contribution in [-0.2, 0) is 5.60 Å². The molecule has 16 heavy (non-hydrogen) atoms. The van der Waals surface area contributed by atoms with Gasteiger partial charge in [-0.15, -0.1) is 0 Å². The first kappa shape index (κ1) is 10.2. The average Bonchev–Trinajstić information content (AvgIpc) is 3.03. The van der Waals surface area contributed by atoms with Gasteiger partial charge >= 0.3 is 0 Å². The number of β-amino-alcohol motifs (C(OH)–C–C–N with tert-alkyl or cyclic N) is 1. The van der Waals surface area contributed by atoms with Crippen LogP contribution in [0, 0.1) is 6.92 Å².